The molecule has 0 saturated heterocycles. The molecule has 0 spiro atoms. The lowest BCUT2D eigenvalue weighted by Gasteiger charge is -1.93. The van der Waals surface area contributed by atoms with Crippen molar-refractivity contribution in [2.75, 3.05) is 5.75 Å². The number of hydrogen-bond acceptors (Lipinski definition) is 2. The van der Waals surface area contributed by atoms with E-state index in [-0.39, 0.29) is 5.75 Å². The number of hydrogen-bond donors (Lipinski definition) is 1. The van der Waals surface area contributed by atoms with Crippen molar-refractivity contribution in [1.82, 2.24) is 0 Å². The average Bonchev–Trinajstić information content (AvgIpc) is 2.03. The van der Waals surface area contributed by atoms with Crippen LogP contribution in [0.4, 0.5) is 0 Å². The van der Waals surface area contributed by atoms with Gasteiger partial charge >= 0.3 is 0 Å². The van der Waals surface area contributed by atoms with Gasteiger partial charge in [0.15, 0.2) is 0 Å². The molecule has 0 aliphatic rings. The number of rotatable bonds is 3. The van der Waals surface area contributed by atoms with Crippen LogP contribution in [0.2, 0.25) is 0 Å². The summed E-state index contributed by atoms with van der Waals surface area (Å²) in [5.74, 6) is 0.124. The van der Waals surface area contributed by atoms with E-state index in [1.54, 1.807) is 6.42 Å². The lowest BCUT2D eigenvalue weighted by molar-refractivity contribution is 0.616. The van der Waals surface area contributed by atoms with Crippen LogP contribution in [-0.4, -0.2) is 14.2 Å². The Morgan fingerprint density at radius 2 is 1.82 bits per heavy atom. The van der Waals surface area contributed by atoms with Crippen molar-refractivity contribution in [1.29, 1.82) is 0 Å². The maximum Gasteiger partial charge on any atom is 0.140 e. The van der Waals surface area contributed by atoms with Gasteiger partial charge in [0.05, 0.1) is 5.75 Å². The Bertz CT molecular complexity index is 269. The Balaban J connectivity index is 2.52. The lowest BCUT2D eigenvalue weighted by Crippen LogP contribution is -1.89. The zero-order valence-corrected chi connectivity index (χ0v) is 6.83. The van der Waals surface area contributed by atoms with E-state index in [1.807, 2.05) is 30.3 Å². The molecule has 1 radical (unpaired) electrons. The van der Waals surface area contributed by atoms with Crippen molar-refractivity contribution in [3.8, 4) is 0 Å². The highest BCUT2D eigenvalue weighted by atomic mass is 32.2. The fraction of sp³-hybridized carbons (Fsp3) is 0.125. The third-order valence-corrected chi connectivity index (χ3v) is 1.76. The molecule has 0 aromatic heterocycles. The van der Waals surface area contributed by atoms with Gasteiger partial charge in [0.2, 0.25) is 0 Å². The van der Waals surface area contributed by atoms with Crippen molar-refractivity contribution in [2.45, 2.75) is 0 Å². The van der Waals surface area contributed by atoms with Gasteiger partial charge in [-0.25, -0.2) is 8.42 Å². The Morgan fingerprint density at radius 3 is 2.36 bits per heavy atom. The minimum atomic E-state index is -2.28. The molecule has 0 N–H and O–H groups in total. The monoisotopic (exact) mass is 169 g/mol. The summed E-state index contributed by atoms with van der Waals surface area (Å²) in [7, 11) is -2.28. The molecule has 0 bridgehead atoms. The molecule has 0 unspecified atom stereocenters. The zero-order valence-electron chi connectivity index (χ0n) is 5.93. The van der Waals surface area contributed by atoms with Crippen LogP contribution in [0.15, 0.2) is 30.3 Å². The van der Waals surface area contributed by atoms with Crippen LogP contribution in [0.3, 0.4) is 0 Å². The fourth-order valence-electron chi connectivity index (χ4n) is 0.769. The van der Waals surface area contributed by atoms with Crippen LogP contribution in [0.5, 0.6) is 0 Å². The smallest absolute Gasteiger partial charge is 0.140 e. The molecule has 0 heterocycles. The van der Waals surface area contributed by atoms with Crippen LogP contribution in [0.1, 0.15) is 5.56 Å². The Labute approximate surface area is 67.8 Å². The molecule has 11 heavy (non-hydrogen) atoms. The van der Waals surface area contributed by atoms with E-state index in [0.717, 1.165) is 5.56 Å². The molecule has 0 atom stereocenters. The summed E-state index contributed by atoms with van der Waals surface area (Å²) in [5, 5.41) is 0. The topological polar surface area (TPSA) is 34.1 Å². The first-order valence-electron chi connectivity index (χ1n) is 3.29. The van der Waals surface area contributed by atoms with Crippen molar-refractivity contribution in [2.24, 2.45) is 0 Å². The Kier molecular flexibility index (Phi) is 3.11. The molecule has 2 nitrogen and oxygen atoms in total. The van der Waals surface area contributed by atoms with Gasteiger partial charge in [-0.05, 0) is 5.56 Å². The quantitative estimate of drug-likeness (QED) is 0.681. The highest BCUT2D eigenvalue weighted by Crippen LogP contribution is 2.00. The van der Waals surface area contributed by atoms with Crippen LogP contribution < -0.4 is 0 Å². The standard InChI is InChI=1S/C8H9O2S/c9-11(10)7-6-8-4-2-1-3-5-8/h1-6,11H,7H2. The largest absolute Gasteiger partial charge is 0.232 e. The molecule has 0 saturated carbocycles. The fourth-order valence-corrected chi connectivity index (χ4v) is 1.13. The van der Waals surface area contributed by atoms with Gasteiger partial charge in [0.25, 0.3) is 0 Å². The minimum Gasteiger partial charge on any atom is -0.232 e. The van der Waals surface area contributed by atoms with Crippen LogP contribution in [-0.2, 0) is 10.7 Å². The summed E-state index contributed by atoms with van der Waals surface area (Å²) >= 11 is 0. The van der Waals surface area contributed by atoms with Gasteiger partial charge in [-0.3, -0.25) is 0 Å². The number of benzene rings is 1. The SMILES string of the molecule is O=[SH](=O)C[CH]c1ccccc1. The summed E-state index contributed by atoms with van der Waals surface area (Å²) in [6.45, 7) is 0. The summed E-state index contributed by atoms with van der Waals surface area (Å²) in [5.41, 5.74) is 0.951. The second-order valence-electron chi connectivity index (χ2n) is 2.13. The van der Waals surface area contributed by atoms with Gasteiger partial charge in [-0.1, -0.05) is 30.3 Å². The van der Waals surface area contributed by atoms with Crippen LogP contribution in [0, 0.1) is 6.42 Å². The van der Waals surface area contributed by atoms with Gasteiger partial charge in [-0.15, -0.1) is 0 Å². The van der Waals surface area contributed by atoms with Crippen molar-refractivity contribution < 1.29 is 8.42 Å². The van der Waals surface area contributed by atoms with Crippen molar-refractivity contribution >= 4 is 10.7 Å². The van der Waals surface area contributed by atoms with Gasteiger partial charge < -0.3 is 0 Å². The van der Waals surface area contributed by atoms with Crippen LogP contribution >= 0.6 is 0 Å². The maximum atomic E-state index is 10.2. The van der Waals surface area contributed by atoms with E-state index in [0.29, 0.717) is 0 Å². The summed E-state index contributed by atoms with van der Waals surface area (Å²) in [6, 6.07) is 9.40. The summed E-state index contributed by atoms with van der Waals surface area (Å²) in [4.78, 5) is 0. The average molecular weight is 169 g/mol. The first kappa shape index (κ1) is 8.27. The highest BCUT2D eigenvalue weighted by molar-refractivity contribution is 7.72. The molecule has 3 heteroatoms. The Morgan fingerprint density at radius 1 is 1.18 bits per heavy atom. The van der Waals surface area contributed by atoms with Gasteiger partial charge in [0, 0.05) is 6.42 Å². The summed E-state index contributed by atoms with van der Waals surface area (Å²) < 4.78 is 20.4. The van der Waals surface area contributed by atoms with Crippen molar-refractivity contribution in [3.05, 3.63) is 42.3 Å². The molecule has 1 rings (SSSR count). The second-order valence-corrected chi connectivity index (χ2v) is 3.16. The van der Waals surface area contributed by atoms with E-state index in [1.165, 1.54) is 0 Å². The van der Waals surface area contributed by atoms with E-state index >= 15 is 0 Å². The molecule has 0 fully saturated rings. The second kappa shape index (κ2) is 4.13. The predicted octanol–water partition coefficient (Wildman–Crippen LogP) is 0.850. The molecular weight excluding hydrogens is 160 g/mol. The molecule has 1 aromatic carbocycles. The maximum absolute atomic E-state index is 10.2. The minimum absolute atomic E-state index is 0.124. The summed E-state index contributed by atoms with van der Waals surface area (Å²) in [6.07, 6.45) is 1.69. The molecular formula is C8H9O2S. The van der Waals surface area contributed by atoms with Gasteiger partial charge in [-0.2, -0.15) is 0 Å². The Hall–Kier alpha value is -0.830. The number of thiol groups is 1. The highest BCUT2D eigenvalue weighted by Gasteiger charge is 1.91. The molecule has 0 amide bonds. The van der Waals surface area contributed by atoms with E-state index in [9.17, 15) is 8.42 Å². The molecule has 59 valence electrons. The molecule has 0 aliphatic heterocycles. The van der Waals surface area contributed by atoms with E-state index < -0.39 is 10.7 Å². The predicted molar refractivity (Wildman–Crippen MR) is 45.0 cm³/mol. The van der Waals surface area contributed by atoms with Gasteiger partial charge in [0.1, 0.15) is 10.7 Å². The van der Waals surface area contributed by atoms with Crippen LogP contribution in [0.25, 0.3) is 0 Å². The van der Waals surface area contributed by atoms with E-state index in [2.05, 4.69) is 0 Å². The molecule has 1 aromatic rings. The first-order chi connectivity index (χ1) is 5.29. The molecule has 0 aliphatic carbocycles. The third kappa shape index (κ3) is 3.18. The van der Waals surface area contributed by atoms with Crippen molar-refractivity contribution in [3.63, 3.8) is 0 Å². The van der Waals surface area contributed by atoms with E-state index in [4.69, 9.17) is 0 Å². The lowest BCUT2D eigenvalue weighted by atomic mass is 10.2. The zero-order chi connectivity index (χ0) is 8.10. The third-order valence-electron chi connectivity index (χ3n) is 1.28. The normalized spacial score (nSPS) is 10.3. The first-order valence-corrected chi connectivity index (χ1v) is 4.65.